The number of allylic oxidation sites excluding steroid dienone is 1. The monoisotopic (exact) mass is 363 g/mol. The van der Waals surface area contributed by atoms with E-state index in [9.17, 15) is 10.1 Å². The summed E-state index contributed by atoms with van der Waals surface area (Å²) in [5.74, 6) is -0.237. The van der Waals surface area contributed by atoms with Crippen LogP contribution in [-0.4, -0.2) is 4.57 Å². The third kappa shape index (κ3) is 2.27. The molecule has 2 aromatic carbocycles. The van der Waals surface area contributed by atoms with Crippen molar-refractivity contribution in [2.75, 3.05) is 0 Å². The summed E-state index contributed by atoms with van der Waals surface area (Å²) in [5.41, 5.74) is 7.85. The van der Waals surface area contributed by atoms with Crippen molar-refractivity contribution in [1.82, 2.24) is 4.57 Å². The molecule has 0 bridgehead atoms. The summed E-state index contributed by atoms with van der Waals surface area (Å²) in [4.78, 5) is 13.1. The molecule has 0 fully saturated rings. The van der Waals surface area contributed by atoms with Crippen LogP contribution in [-0.2, 0) is 7.05 Å². The molecule has 3 aromatic rings. The van der Waals surface area contributed by atoms with Gasteiger partial charge in [-0.05, 0) is 29.8 Å². The van der Waals surface area contributed by atoms with Gasteiger partial charge in [0.1, 0.15) is 17.4 Å². The van der Waals surface area contributed by atoms with Crippen molar-refractivity contribution in [1.29, 1.82) is 5.26 Å². The zero-order valence-corrected chi connectivity index (χ0v) is 14.6. The van der Waals surface area contributed by atoms with Crippen molar-refractivity contribution in [3.63, 3.8) is 0 Å². The van der Waals surface area contributed by atoms with Gasteiger partial charge in [-0.1, -0.05) is 35.9 Å². The van der Waals surface area contributed by atoms with Crippen LogP contribution in [0.4, 0.5) is 0 Å². The van der Waals surface area contributed by atoms with Crippen LogP contribution in [0.5, 0.6) is 5.75 Å². The molecule has 1 aliphatic rings. The molecule has 6 heteroatoms. The van der Waals surface area contributed by atoms with E-state index in [1.54, 1.807) is 29.8 Å². The van der Waals surface area contributed by atoms with Gasteiger partial charge in [-0.2, -0.15) is 5.26 Å². The predicted molar refractivity (Wildman–Crippen MR) is 99.9 cm³/mol. The number of para-hydroxylation sites is 1. The average molecular weight is 364 g/mol. The number of halogens is 1. The Bertz CT molecular complexity index is 1190. The quantitative estimate of drug-likeness (QED) is 0.718. The largest absolute Gasteiger partial charge is 0.439 e. The summed E-state index contributed by atoms with van der Waals surface area (Å²) in [7, 11) is 1.70. The molecule has 1 aliphatic heterocycles. The Morgan fingerprint density at radius 1 is 1.23 bits per heavy atom. The maximum absolute atomic E-state index is 13.1. The lowest BCUT2D eigenvalue weighted by Crippen LogP contribution is -2.31. The average Bonchev–Trinajstić information content (AvgIpc) is 2.65. The Labute approximate surface area is 154 Å². The van der Waals surface area contributed by atoms with Gasteiger partial charge in [0.2, 0.25) is 5.88 Å². The first-order chi connectivity index (χ1) is 12.5. The van der Waals surface area contributed by atoms with Crippen LogP contribution in [0.25, 0.3) is 10.9 Å². The molecule has 128 valence electrons. The van der Waals surface area contributed by atoms with Crippen LogP contribution in [0.2, 0.25) is 5.02 Å². The van der Waals surface area contributed by atoms with Crippen LogP contribution in [0.3, 0.4) is 0 Å². The summed E-state index contributed by atoms with van der Waals surface area (Å²) in [6.07, 6.45) is 0. The Hall–Kier alpha value is -3.23. The fourth-order valence-electron chi connectivity index (χ4n) is 3.45. The number of ether oxygens (including phenoxy) is 1. The van der Waals surface area contributed by atoms with Crippen molar-refractivity contribution in [2.24, 2.45) is 12.8 Å². The first-order valence-electron chi connectivity index (χ1n) is 7.97. The number of aromatic nitrogens is 1. The van der Waals surface area contributed by atoms with Crippen LogP contribution < -0.4 is 16.0 Å². The van der Waals surface area contributed by atoms with Crippen molar-refractivity contribution >= 4 is 22.5 Å². The van der Waals surface area contributed by atoms with Crippen molar-refractivity contribution in [3.05, 3.63) is 86.5 Å². The molecule has 0 radical (unpaired) electrons. The molecule has 4 rings (SSSR count). The first kappa shape index (κ1) is 16.2. The Kier molecular flexibility index (Phi) is 3.71. The smallest absolute Gasteiger partial charge is 0.258 e. The second kappa shape index (κ2) is 5.94. The number of fused-ring (bicyclic) bond motifs is 3. The molecule has 2 heterocycles. The minimum atomic E-state index is -0.634. The molecule has 0 saturated heterocycles. The molecule has 1 unspecified atom stereocenters. The molecule has 0 aliphatic carbocycles. The number of nitriles is 1. The standard InChI is InChI=1S/C20H14ClN3O2/c1-24-15-8-3-2-7-13(15)18-17(20(24)25)16(14(10-22)19(23)26-18)11-5-4-6-12(21)9-11/h2-9,16H,23H2,1H3. The van der Waals surface area contributed by atoms with Gasteiger partial charge in [0.25, 0.3) is 5.56 Å². The first-order valence-corrected chi connectivity index (χ1v) is 8.35. The summed E-state index contributed by atoms with van der Waals surface area (Å²) < 4.78 is 7.32. The Morgan fingerprint density at radius 3 is 2.73 bits per heavy atom. The molecular weight excluding hydrogens is 350 g/mol. The minimum absolute atomic E-state index is 0.00313. The van der Waals surface area contributed by atoms with Crippen molar-refractivity contribution in [3.8, 4) is 11.8 Å². The molecule has 1 aromatic heterocycles. The van der Waals surface area contributed by atoms with Gasteiger partial charge < -0.3 is 15.0 Å². The number of hydrogen-bond donors (Lipinski definition) is 1. The zero-order valence-electron chi connectivity index (χ0n) is 13.9. The molecule has 0 amide bonds. The number of nitrogens with zero attached hydrogens (tertiary/aromatic N) is 2. The maximum atomic E-state index is 13.1. The van der Waals surface area contributed by atoms with E-state index in [-0.39, 0.29) is 17.0 Å². The highest BCUT2D eigenvalue weighted by Gasteiger charge is 2.35. The fourth-order valence-corrected chi connectivity index (χ4v) is 3.64. The molecule has 1 atom stereocenters. The Morgan fingerprint density at radius 2 is 2.00 bits per heavy atom. The van der Waals surface area contributed by atoms with E-state index >= 15 is 0 Å². The van der Waals surface area contributed by atoms with Gasteiger partial charge in [-0.3, -0.25) is 4.79 Å². The summed E-state index contributed by atoms with van der Waals surface area (Å²) in [6.45, 7) is 0. The van der Waals surface area contributed by atoms with Gasteiger partial charge in [0.05, 0.1) is 17.0 Å². The van der Waals surface area contributed by atoms with Crippen LogP contribution in [0.1, 0.15) is 17.0 Å². The number of benzene rings is 2. The maximum Gasteiger partial charge on any atom is 0.258 e. The van der Waals surface area contributed by atoms with E-state index in [0.29, 0.717) is 21.9 Å². The highest BCUT2D eigenvalue weighted by Crippen LogP contribution is 2.43. The second-order valence-corrected chi connectivity index (χ2v) is 6.54. The molecule has 2 N–H and O–H groups in total. The lowest BCUT2D eigenvalue weighted by molar-refractivity contribution is 0.396. The summed E-state index contributed by atoms with van der Waals surface area (Å²) >= 11 is 6.14. The number of aryl methyl sites for hydroxylation is 1. The van der Waals surface area contributed by atoms with Gasteiger partial charge in [-0.15, -0.1) is 0 Å². The van der Waals surface area contributed by atoms with Crippen LogP contribution in [0, 0.1) is 11.3 Å². The number of hydrogen-bond acceptors (Lipinski definition) is 4. The van der Waals surface area contributed by atoms with Gasteiger partial charge in [0.15, 0.2) is 0 Å². The number of pyridine rings is 1. The molecule has 0 spiro atoms. The lowest BCUT2D eigenvalue weighted by atomic mass is 9.83. The van der Waals surface area contributed by atoms with E-state index in [2.05, 4.69) is 6.07 Å². The third-order valence-electron chi connectivity index (χ3n) is 4.65. The molecule has 5 nitrogen and oxygen atoms in total. The van der Waals surface area contributed by atoms with E-state index in [1.807, 2.05) is 30.3 Å². The van der Waals surface area contributed by atoms with E-state index in [1.165, 1.54) is 0 Å². The third-order valence-corrected chi connectivity index (χ3v) is 4.88. The highest BCUT2D eigenvalue weighted by molar-refractivity contribution is 6.30. The highest BCUT2D eigenvalue weighted by atomic mass is 35.5. The van der Waals surface area contributed by atoms with Gasteiger partial charge in [-0.25, -0.2) is 0 Å². The zero-order chi connectivity index (χ0) is 18.4. The minimum Gasteiger partial charge on any atom is -0.439 e. The van der Waals surface area contributed by atoms with Gasteiger partial charge >= 0.3 is 0 Å². The molecular formula is C20H14ClN3O2. The van der Waals surface area contributed by atoms with Crippen molar-refractivity contribution in [2.45, 2.75) is 5.92 Å². The SMILES string of the molecule is Cn1c(=O)c2c(c3ccccc31)OC(N)=C(C#N)C2c1cccc(Cl)c1. The second-order valence-electron chi connectivity index (χ2n) is 6.10. The normalized spacial score (nSPS) is 16.1. The Balaban J connectivity index is 2.14. The topological polar surface area (TPSA) is 81.0 Å². The summed E-state index contributed by atoms with van der Waals surface area (Å²) in [5, 5.41) is 10.9. The van der Waals surface area contributed by atoms with Crippen molar-refractivity contribution < 1.29 is 4.74 Å². The van der Waals surface area contributed by atoms with Crippen LogP contribution in [0.15, 0.2) is 64.8 Å². The summed E-state index contributed by atoms with van der Waals surface area (Å²) in [6, 6.07) is 16.6. The molecule has 26 heavy (non-hydrogen) atoms. The van der Waals surface area contributed by atoms with E-state index < -0.39 is 5.92 Å². The van der Waals surface area contributed by atoms with E-state index in [4.69, 9.17) is 22.1 Å². The fraction of sp³-hybridized carbons (Fsp3) is 0.100. The molecule has 0 saturated carbocycles. The number of nitrogens with two attached hydrogens (primary N) is 1. The van der Waals surface area contributed by atoms with E-state index in [0.717, 1.165) is 10.9 Å². The number of rotatable bonds is 1. The predicted octanol–water partition coefficient (Wildman–Crippen LogP) is 3.41. The van der Waals surface area contributed by atoms with Crippen LogP contribution >= 0.6 is 11.6 Å². The lowest BCUT2D eigenvalue weighted by Gasteiger charge is -2.27. The van der Waals surface area contributed by atoms with Gasteiger partial charge in [0, 0.05) is 17.5 Å².